The van der Waals surface area contributed by atoms with Gasteiger partial charge in [0.1, 0.15) is 5.37 Å². The molecular weight excluding hydrogens is 358 g/mol. The van der Waals surface area contributed by atoms with Crippen molar-refractivity contribution in [3.63, 3.8) is 0 Å². The van der Waals surface area contributed by atoms with Gasteiger partial charge in [-0.3, -0.25) is 14.5 Å². The third kappa shape index (κ3) is 4.45. The van der Waals surface area contributed by atoms with Crippen molar-refractivity contribution < 1.29 is 9.59 Å². The van der Waals surface area contributed by atoms with Crippen molar-refractivity contribution in [2.75, 3.05) is 35.0 Å². The number of hydrogen-bond acceptors (Lipinski definition) is 4. The molecule has 0 saturated carbocycles. The molecule has 2 amide bonds. The predicted molar refractivity (Wildman–Crippen MR) is 113 cm³/mol. The highest BCUT2D eigenvalue weighted by Gasteiger charge is 2.34. The van der Waals surface area contributed by atoms with Crippen molar-refractivity contribution in [1.29, 1.82) is 0 Å². The zero-order valence-corrected chi connectivity index (χ0v) is 16.8. The summed E-state index contributed by atoms with van der Waals surface area (Å²) in [7, 11) is 3.99. The third-order valence-electron chi connectivity index (χ3n) is 4.44. The molecule has 1 heterocycles. The van der Waals surface area contributed by atoms with Gasteiger partial charge in [0.15, 0.2) is 0 Å². The first-order valence-corrected chi connectivity index (χ1v) is 10.2. The van der Waals surface area contributed by atoms with E-state index in [2.05, 4.69) is 5.32 Å². The zero-order valence-electron chi connectivity index (χ0n) is 15.9. The van der Waals surface area contributed by atoms with Crippen molar-refractivity contribution in [2.24, 2.45) is 0 Å². The number of benzene rings is 2. The van der Waals surface area contributed by atoms with Crippen LogP contribution < -0.4 is 15.1 Å². The van der Waals surface area contributed by atoms with Gasteiger partial charge in [0.05, 0.1) is 5.75 Å². The fourth-order valence-corrected chi connectivity index (χ4v) is 4.25. The number of thioether (sulfide) groups is 1. The van der Waals surface area contributed by atoms with Crippen LogP contribution in [-0.2, 0) is 9.59 Å². The van der Waals surface area contributed by atoms with Crippen molar-refractivity contribution in [1.82, 2.24) is 0 Å². The number of amides is 2. The maximum Gasteiger partial charge on any atom is 0.238 e. The van der Waals surface area contributed by atoms with E-state index in [0.717, 1.165) is 29.0 Å². The molecule has 1 aliphatic rings. The van der Waals surface area contributed by atoms with Crippen LogP contribution in [0.3, 0.4) is 0 Å². The van der Waals surface area contributed by atoms with Crippen molar-refractivity contribution in [3.05, 3.63) is 54.1 Å². The topological polar surface area (TPSA) is 52.7 Å². The lowest BCUT2D eigenvalue weighted by Crippen LogP contribution is -2.27. The third-order valence-corrected chi connectivity index (χ3v) is 5.66. The minimum atomic E-state index is -0.0919. The molecule has 6 heteroatoms. The Morgan fingerprint density at radius 1 is 1.22 bits per heavy atom. The van der Waals surface area contributed by atoms with Crippen LogP contribution in [0, 0.1) is 0 Å². The van der Waals surface area contributed by atoms with Gasteiger partial charge in [-0.05, 0) is 48.4 Å². The molecule has 142 valence electrons. The van der Waals surface area contributed by atoms with Gasteiger partial charge in [0, 0.05) is 37.6 Å². The summed E-state index contributed by atoms with van der Waals surface area (Å²) in [5.41, 5.74) is 3.77. The van der Waals surface area contributed by atoms with Crippen LogP contribution in [0.1, 0.15) is 30.7 Å². The molecule has 1 aliphatic heterocycles. The van der Waals surface area contributed by atoms with Crippen LogP contribution in [0.15, 0.2) is 48.5 Å². The molecule has 2 aromatic carbocycles. The predicted octanol–water partition coefficient (Wildman–Crippen LogP) is 4.27. The van der Waals surface area contributed by atoms with E-state index in [-0.39, 0.29) is 17.2 Å². The number of nitrogens with zero attached hydrogens (tertiary/aromatic N) is 2. The second-order valence-electron chi connectivity index (χ2n) is 6.76. The summed E-state index contributed by atoms with van der Waals surface area (Å²) in [5, 5.41) is 2.84. The van der Waals surface area contributed by atoms with E-state index in [1.54, 1.807) is 11.8 Å². The quantitative estimate of drug-likeness (QED) is 0.809. The smallest absolute Gasteiger partial charge is 0.238 e. The highest BCUT2D eigenvalue weighted by atomic mass is 32.2. The molecule has 2 aromatic rings. The maximum atomic E-state index is 12.6. The summed E-state index contributed by atoms with van der Waals surface area (Å²) in [6, 6.07) is 15.8. The molecule has 0 spiro atoms. The molecule has 0 unspecified atom stereocenters. The number of anilines is 3. The Morgan fingerprint density at radius 2 is 1.96 bits per heavy atom. The van der Waals surface area contributed by atoms with Gasteiger partial charge in [0.2, 0.25) is 11.8 Å². The Balaban J connectivity index is 1.84. The van der Waals surface area contributed by atoms with Crippen LogP contribution in [-0.4, -0.2) is 31.7 Å². The molecule has 27 heavy (non-hydrogen) atoms. The number of carbonyl (C=O) groups excluding carboxylic acids is 2. The largest absolute Gasteiger partial charge is 0.378 e. The first-order valence-electron chi connectivity index (χ1n) is 9.10. The second-order valence-corrected chi connectivity index (χ2v) is 7.83. The van der Waals surface area contributed by atoms with E-state index < -0.39 is 0 Å². The molecule has 0 aromatic heterocycles. The lowest BCUT2D eigenvalue weighted by atomic mass is 10.1. The summed E-state index contributed by atoms with van der Waals surface area (Å²) in [6.07, 6.45) is 1.32. The number of hydrogen-bond donors (Lipinski definition) is 1. The van der Waals surface area contributed by atoms with Gasteiger partial charge in [-0.2, -0.15) is 0 Å². The SMILES string of the molecule is CCCC(=O)Nc1cccc([C@@H]2SCC(=O)N2c2ccc(N(C)C)cc2)c1. The van der Waals surface area contributed by atoms with Gasteiger partial charge in [-0.15, -0.1) is 11.8 Å². The van der Waals surface area contributed by atoms with Gasteiger partial charge in [-0.25, -0.2) is 0 Å². The molecule has 1 atom stereocenters. The Kier molecular flexibility index (Phi) is 6.06. The van der Waals surface area contributed by atoms with Crippen LogP contribution in [0.2, 0.25) is 0 Å². The fourth-order valence-electron chi connectivity index (χ4n) is 3.08. The highest BCUT2D eigenvalue weighted by Crippen LogP contribution is 2.42. The average molecular weight is 384 g/mol. The van der Waals surface area contributed by atoms with E-state index >= 15 is 0 Å². The summed E-state index contributed by atoms with van der Waals surface area (Å²) < 4.78 is 0. The van der Waals surface area contributed by atoms with Gasteiger partial charge < -0.3 is 10.2 Å². The van der Waals surface area contributed by atoms with Crippen molar-refractivity contribution in [3.8, 4) is 0 Å². The number of rotatable bonds is 6. The van der Waals surface area contributed by atoms with E-state index in [9.17, 15) is 9.59 Å². The molecule has 3 rings (SSSR count). The Bertz CT molecular complexity index is 820. The minimum Gasteiger partial charge on any atom is -0.378 e. The Hall–Kier alpha value is -2.47. The Morgan fingerprint density at radius 3 is 2.63 bits per heavy atom. The minimum absolute atomic E-state index is 0.0148. The lowest BCUT2D eigenvalue weighted by molar-refractivity contribution is -0.116. The van der Waals surface area contributed by atoms with Gasteiger partial charge in [-0.1, -0.05) is 19.1 Å². The van der Waals surface area contributed by atoms with E-state index in [0.29, 0.717) is 12.2 Å². The highest BCUT2D eigenvalue weighted by molar-refractivity contribution is 8.00. The van der Waals surface area contributed by atoms with E-state index in [4.69, 9.17) is 0 Å². The number of nitrogens with one attached hydrogen (secondary N) is 1. The molecule has 0 bridgehead atoms. The summed E-state index contributed by atoms with van der Waals surface area (Å²) in [4.78, 5) is 28.3. The molecule has 5 nitrogen and oxygen atoms in total. The molecule has 1 N–H and O–H groups in total. The fraction of sp³-hybridized carbons (Fsp3) is 0.333. The van der Waals surface area contributed by atoms with Crippen LogP contribution in [0.25, 0.3) is 0 Å². The second kappa shape index (κ2) is 8.48. The molecule has 1 fully saturated rings. The summed E-state index contributed by atoms with van der Waals surface area (Å²) in [5.74, 6) is 0.566. The van der Waals surface area contributed by atoms with E-state index in [1.165, 1.54) is 0 Å². The first-order chi connectivity index (χ1) is 13.0. The van der Waals surface area contributed by atoms with Crippen LogP contribution >= 0.6 is 11.8 Å². The molecule has 1 saturated heterocycles. The standard InChI is InChI=1S/C21H25N3O2S/c1-4-6-19(25)22-16-8-5-7-15(13-16)21-24(20(26)14-27-21)18-11-9-17(10-12-18)23(2)3/h5,7-13,21H,4,6,14H2,1-3H3,(H,22,25)/t21-/m0/s1. The van der Waals surface area contributed by atoms with Crippen molar-refractivity contribution >= 4 is 40.6 Å². The molecular formula is C21H25N3O2S. The normalized spacial score (nSPS) is 16.5. The number of carbonyl (C=O) groups is 2. The average Bonchev–Trinajstić information content (AvgIpc) is 3.03. The van der Waals surface area contributed by atoms with Crippen LogP contribution in [0.4, 0.5) is 17.1 Å². The van der Waals surface area contributed by atoms with Gasteiger partial charge >= 0.3 is 0 Å². The lowest BCUT2D eigenvalue weighted by Gasteiger charge is -2.25. The molecule has 0 aliphatic carbocycles. The summed E-state index contributed by atoms with van der Waals surface area (Å²) >= 11 is 1.61. The first kappa shape index (κ1) is 19.3. The maximum absolute atomic E-state index is 12.6. The van der Waals surface area contributed by atoms with Crippen molar-refractivity contribution in [2.45, 2.75) is 25.1 Å². The molecule has 0 radical (unpaired) electrons. The monoisotopic (exact) mass is 383 g/mol. The van der Waals surface area contributed by atoms with Gasteiger partial charge in [0.25, 0.3) is 0 Å². The van der Waals surface area contributed by atoms with E-state index in [1.807, 2.05) is 79.3 Å². The zero-order chi connectivity index (χ0) is 19.4. The summed E-state index contributed by atoms with van der Waals surface area (Å²) in [6.45, 7) is 1.98. The van der Waals surface area contributed by atoms with Crippen LogP contribution in [0.5, 0.6) is 0 Å². The Labute approximate surface area is 164 Å².